The Balaban J connectivity index is 0.00000106. The van der Waals surface area contributed by atoms with Crippen molar-refractivity contribution in [3.8, 4) is 5.75 Å². The minimum atomic E-state index is -0.228. The van der Waals surface area contributed by atoms with E-state index in [-0.39, 0.29) is 18.4 Å². The first kappa shape index (κ1) is 36.3. The van der Waals surface area contributed by atoms with Crippen LogP contribution in [-0.4, -0.2) is 48.1 Å². The quantitative estimate of drug-likeness (QED) is 0.104. The standard InChI is InChI=1S/C26H40N4O4.C4H10.C3H6/c1-7-10-23(27)18(5)19(6)26(32)28-25(17(4)8-2)22-13-21(11-12-24(22)33-9-3)29-34-30-14-20(15-30)16-31;1-3-4-2;1-2-3-1/h11-13,20,27,29,31H,7-10,14-16H2,1-6H3,(H,28,32);3-4H2,1-2H3;1-3H2/b19-18+,25-17?,27-23?;;. The maximum absolute atomic E-state index is 13.2. The number of aliphatic hydroxyl groups is 1. The summed E-state index contributed by atoms with van der Waals surface area (Å²) < 4.78 is 5.88. The molecule has 232 valence electrons. The van der Waals surface area contributed by atoms with Crippen molar-refractivity contribution >= 4 is 23.0 Å². The third kappa shape index (κ3) is 13.2. The summed E-state index contributed by atoms with van der Waals surface area (Å²) in [5, 5.41) is 22.2. The number of ether oxygens (including phenoxy) is 1. The molecule has 8 nitrogen and oxygen atoms in total. The van der Waals surface area contributed by atoms with Crippen molar-refractivity contribution in [1.29, 1.82) is 5.41 Å². The predicted octanol–water partition coefficient (Wildman–Crippen LogP) is 7.66. The molecule has 2 fully saturated rings. The topological polar surface area (TPSA) is 107 Å². The van der Waals surface area contributed by atoms with Crippen LogP contribution in [0.3, 0.4) is 0 Å². The number of hydrogen-bond donors (Lipinski definition) is 4. The summed E-state index contributed by atoms with van der Waals surface area (Å²) >= 11 is 0. The lowest BCUT2D eigenvalue weighted by atomic mass is 10.0. The van der Waals surface area contributed by atoms with Crippen molar-refractivity contribution < 1.29 is 19.6 Å². The molecule has 41 heavy (non-hydrogen) atoms. The minimum absolute atomic E-state index is 0.155. The van der Waals surface area contributed by atoms with Gasteiger partial charge in [0.2, 0.25) is 0 Å². The number of benzene rings is 1. The Morgan fingerprint density at radius 2 is 1.63 bits per heavy atom. The van der Waals surface area contributed by atoms with Crippen molar-refractivity contribution in [3.63, 3.8) is 0 Å². The van der Waals surface area contributed by atoms with Crippen LogP contribution in [0, 0.1) is 11.3 Å². The maximum atomic E-state index is 13.2. The van der Waals surface area contributed by atoms with E-state index in [1.165, 1.54) is 32.1 Å². The number of nitrogens with one attached hydrogen (secondary N) is 3. The molecule has 0 bridgehead atoms. The molecular weight excluding hydrogens is 516 g/mol. The molecule has 0 spiro atoms. The SMILES string of the molecule is C1CC1.CCCC.CCCC(=N)/C(C)=C(\C)C(=O)NC(=C(C)CC)c1cc(NON2CC(CO)C2)ccc1OCC. The average Bonchev–Trinajstić information content (AvgIpc) is 3.85. The fourth-order valence-electron chi connectivity index (χ4n) is 3.52. The van der Waals surface area contributed by atoms with Gasteiger partial charge in [-0.15, -0.1) is 0 Å². The Hall–Kier alpha value is -2.68. The van der Waals surface area contributed by atoms with Gasteiger partial charge in [0.1, 0.15) is 5.75 Å². The molecule has 3 rings (SSSR count). The van der Waals surface area contributed by atoms with E-state index in [4.69, 9.17) is 15.1 Å². The smallest absolute Gasteiger partial charge is 0.251 e. The zero-order valence-corrected chi connectivity index (χ0v) is 26.9. The van der Waals surface area contributed by atoms with E-state index in [1.807, 2.05) is 52.8 Å². The van der Waals surface area contributed by atoms with Crippen molar-refractivity contribution in [2.24, 2.45) is 5.92 Å². The van der Waals surface area contributed by atoms with E-state index < -0.39 is 0 Å². The Morgan fingerprint density at radius 3 is 2.12 bits per heavy atom. The van der Waals surface area contributed by atoms with Crippen molar-refractivity contribution in [1.82, 2.24) is 10.4 Å². The first-order chi connectivity index (χ1) is 19.7. The van der Waals surface area contributed by atoms with Crippen LogP contribution in [0.4, 0.5) is 5.69 Å². The van der Waals surface area contributed by atoms with Gasteiger partial charge in [-0.3, -0.25) is 4.79 Å². The normalized spacial score (nSPS) is 15.5. The largest absolute Gasteiger partial charge is 0.493 e. The summed E-state index contributed by atoms with van der Waals surface area (Å²) in [7, 11) is 0. The summed E-state index contributed by atoms with van der Waals surface area (Å²) in [5.41, 5.74) is 7.86. The molecule has 0 aromatic heterocycles. The van der Waals surface area contributed by atoms with Gasteiger partial charge in [-0.25, -0.2) is 5.48 Å². The van der Waals surface area contributed by atoms with E-state index in [0.29, 0.717) is 54.4 Å². The van der Waals surface area contributed by atoms with Gasteiger partial charge in [0.25, 0.3) is 5.91 Å². The Labute approximate surface area is 249 Å². The van der Waals surface area contributed by atoms with Gasteiger partial charge in [0.05, 0.1) is 18.0 Å². The highest BCUT2D eigenvalue weighted by atomic mass is 16.8. The molecule has 1 aliphatic carbocycles. The van der Waals surface area contributed by atoms with Gasteiger partial charge in [0, 0.05) is 42.5 Å². The van der Waals surface area contributed by atoms with Crippen LogP contribution in [-0.2, 0) is 9.73 Å². The summed E-state index contributed by atoms with van der Waals surface area (Å²) in [6.45, 7) is 17.9. The fraction of sp³-hybridized carbons (Fsp3) is 0.636. The first-order valence-electron chi connectivity index (χ1n) is 15.5. The number of rotatable bonds is 14. The summed E-state index contributed by atoms with van der Waals surface area (Å²) in [6.07, 6.45) is 9.40. The number of anilines is 1. The molecule has 1 saturated carbocycles. The van der Waals surface area contributed by atoms with E-state index in [1.54, 1.807) is 12.0 Å². The number of amides is 1. The molecule has 2 aliphatic rings. The number of carbonyl (C=O) groups is 1. The highest BCUT2D eigenvalue weighted by molar-refractivity contribution is 6.08. The van der Waals surface area contributed by atoms with Gasteiger partial charge < -0.3 is 20.6 Å². The summed E-state index contributed by atoms with van der Waals surface area (Å²) in [5.74, 6) is 0.680. The number of carbonyl (C=O) groups excluding carboxylic acids is 1. The van der Waals surface area contributed by atoms with Gasteiger partial charge in [-0.2, -0.15) is 10.0 Å². The van der Waals surface area contributed by atoms with Crippen LogP contribution in [0.1, 0.15) is 112 Å². The van der Waals surface area contributed by atoms with Gasteiger partial charge >= 0.3 is 0 Å². The van der Waals surface area contributed by atoms with Crippen LogP contribution < -0.4 is 15.5 Å². The first-order valence-corrected chi connectivity index (χ1v) is 15.5. The number of allylic oxidation sites excluding steroid dienone is 2. The fourth-order valence-corrected chi connectivity index (χ4v) is 3.52. The molecule has 1 aromatic rings. The number of hydrogen-bond acceptors (Lipinski definition) is 7. The predicted molar refractivity (Wildman–Crippen MR) is 171 cm³/mol. The van der Waals surface area contributed by atoms with Crippen LogP contribution >= 0.6 is 0 Å². The third-order valence-electron chi connectivity index (χ3n) is 6.93. The Morgan fingerprint density at radius 1 is 1.00 bits per heavy atom. The molecule has 1 amide bonds. The molecule has 0 unspecified atom stereocenters. The zero-order chi connectivity index (χ0) is 30.8. The zero-order valence-electron chi connectivity index (χ0n) is 26.9. The molecule has 1 saturated heterocycles. The highest BCUT2D eigenvalue weighted by Crippen LogP contribution is 2.31. The van der Waals surface area contributed by atoms with Gasteiger partial charge in [0.15, 0.2) is 0 Å². The lowest BCUT2D eigenvalue weighted by molar-refractivity contribution is -0.203. The summed E-state index contributed by atoms with van der Waals surface area (Å²) in [6, 6.07) is 5.62. The summed E-state index contributed by atoms with van der Waals surface area (Å²) in [4.78, 5) is 18.8. The minimum Gasteiger partial charge on any atom is -0.493 e. The van der Waals surface area contributed by atoms with E-state index >= 15 is 0 Å². The van der Waals surface area contributed by atoms with Crippen molar-refractivity contribution in [2.75, 3.05) is 31.8 Å². The van der Waals surface area contributed by atoms with Gasteiger partial charge in [-0.1, -0.05) is 66.2 Å². The monoisotopic (exact) mass is 572 g/mol. The molecule has 1 heterocycles. The van der Waals surface area contributed by atoms with Crippen molar-refractivity contribution in [3.05, 3.63) is 40.5 Å². The molecular formula is C33H56N4O4. The number of nitrogens with zero attached hydrogens (tertiary/aromatic N) is 1. The molecule has 4 N–H and O–H groups in total. The third-order valence-corrected chi connectivity index (χ3v) is 6.93. The van der Waals surface area contributed by atoms with E-state index in [0.717, 1.165) is 29.7 Å². The molecule has 8 heteroatoms. The van der Waals surface area contributed by atoms with Crippen molar-refractivity contribution in [2.45, 2.75) is 107 Å². The molecule has 0 atom stereocenters. The van der Waals surface area contributed by atoms with Crippen LogP contribution in [0.15, 0.2) is 34.9 Å². The lowest BCUT2D eigenvalue weighted by Gasteiger charge is -2.36. The number of hydroxylamine groups is 2. The Bertz CT molecular complexity index is 1010. The number of unbranched alkanes of at least 4 members (excludes halogenated alkanes) is 1. The highest BCUT2D eigenvalue weighted by Gasteiger charge is 2.27. The number of aliphatic hydroxyl groups excluding tert-OH is 1. The van der Waals surface area contributed by atoms with Crippen LogP contribution in [0.25, 0.3) is 5.70 Å². The second kappa shape index (κ2) is 20.2. The van der Waals surface area contributed by atoms with E-state index in [9.17, 15) is 9.90 Å². The maximum Gasteiger partial charge on any atom is 0.251 e. The second-order valence-electron chi connectivity index (χ2n) is 10.7. The molecule has 0 radical (unpaired) electrons. The van der Waals surface area contributed by atoms with E-state index in [2.05, 4.69) is 24.6 Å². The van der Waals surface area contributed by atoms with Crippen LogP contribution in [0.5, 0.6) is 5.75 Å². The second-order valence-corrected chi connectivity index (χ2v) is 10.7. The lowest BCUT2D eigenvalue weighted by Crippen LogP contribution is -2.48. The van der Waals surface area contributed by atoms with Crippen LogP contribution in [0.2, 0.25) is 0 Å². The molecule has 1 aromatic carbocycles. The van der Waals surface area contributed by atoms with Gasteiger partial charge in [-0.05, 0) is 69.9 Å². The average molecular weight is 573 g/mol. The Kier molecular flexibility index (Phi) is 17.9. The molecule has 1 aliphatic heterocycles.